The van der Waals surface area contributed by atoms with E-state index in [0.717, 1.165) is 37.1 Å². The number of halogens is 1. The Labute approximate surface area is 151 Å². The van der Waals surface area contributed by atoms with E-state index in [1.807, 2.05) is 13.0 Å². The van der Waals surface area contributed by atoms with Crippen LogP contribution < -0.4 is 5.32 Å². The van der Waals surface area contributed by atoms with Crippen LogP contribution in [0.4, 0.5) is 0 Å². The highest BCUT2D eigenvalue weighted by Gasteiger charge is 2.38. The van der Waals surface area contributed by atoms with Gasteiger partial charge in [0.15, 0.2) is 5.82 Å². The van der Waals surface area contributed by atoms with Gasteiger partial charge in [-0.1, -0.05) is 17.7 Å². The molecule has 0 bridgehead atoms. The van der Waals surface area contributed by atoms with Gasteiger partial charge in [0, 0.05) is 28.6 Å². The number of aliphatic hydroxyl groups excluding tert-OH is 1. The van der Waals surface area contributed by atoms with Crippen LogP contribution in [0.25, 0.3) is 0 Å². The zero-order valence-electron chi connectivity index (χ0n) is 14.1. The normalized spacial score (nSPS) is 22.5. The molecule has 25 heavy (non-hydrogen) atoms. The Kier molecular flexibility index (Phi) is 4.25. The molecule has 1 aromatic heterocycles. The summed E-state index contributed by atoms with van der Waals surface area (Å²) in [4.78, 5) is 12.4. The van der Waals surface area contributed by atoms with E-state index in [1.165, 1.54) is 0 Å². The number of aliphatic hydroxyl groups is 1. The fourth-order valence-corrected chi connectivity index (χ4v) is 3.58. The minimum absolute atomic E-state index is 0.0788. The Hall–Kier alpha value is -1.92. The summed E-state index contributed by atoms with van der Waals surface area (Å²) < 4.78 is 2.10. The molecule has 0 atom stereocenters. The molecule has 0 spiro atoms. The van der Waals surface area contributed by atoms with Gasteiger partial charge in [0.05, 0.1) is 0 Å². The fraction of sp³-hybridized carbons (Fsp3) is 0.500. The first-order valence-corrected chi connectivity index (χ1v) is 9.06. The maximum atomic E-state index is 12.4. The number of rotatable bonds is 5. The van der Waals surface area contributed by atoms with Crippen LogP contribution in [0.3, 0.4) is 0 Å². The zero-order valence-corrected chi connectivity index (χ0v) is 14.8. The molecule has 2 saturated carbocycles. The van der Waals surface area contributed by atoms with E-state index in [-0.39, 0.29) is 18.6 Å². The molecule has 2 fully saturated rings. The summed E-state index contributed by atoms with van der Waals surface area (Å²) in [5.41, 5.74) is 1.55. The molecule has 2 aliphatic carbocycles. The van der Waals surface area contributed by atoms with Gasteiger partial charge in [0.1, 0.15) is 12.4 Å². The van der Waals surface area contributed by atoms with Crippen molar-refractivity contribution in [2.24, 2.45) is 0 Å². The van der Waals surface area contributed by atoms with Gasteiger partial charge in [-0.15, -0.1) is 10.2 Å². The average molecular weight is 361 g/mol. The third-order valence-corrected chi connectivity index (χ3v) is 5.53. The molecule has 0 radical (unpaired) electrons. The minimum Gasteiger partial charge on any atom is -0.388 e. The van der Waals surface area contributed by atoms with E-state index < -0.39 is 0 Å². The summed E-state index contributed by atoms with van der Waals surface area (Å²) >= 11 is 6.10. The lowest BCUT2D eigenvalue weighted by Gasteiger charge is -2.35. The first kappa shape index (κ1) is 16.5. The molecule has 4 rings (SSSR count). The molecule has 132 valence electrons. The van der Waals surface area contributed by atoms with Gasteiger partial charge in [0.25, 0.3) is 5.91 Å². The molecule has 6 nitrogen and oxygen atoms in total. The van der Waals surface area contributed by atoms with Crippen molar-refractivity contribution < 1.29 is 9.90 Å². The average Bonchev–Trinajstić information content (AvgIpc) is 3.32. The fourth-order valence-electron chi connectivity index (χ4n) is 3.40. The number of amides is 1. The standard InChI is InChI=1S/C18H21ClN4O2/c1-10-2-3-11(8-15(10)19)18(25)20-13-6-12(7-13)17-22-21-16(9-24)23(17)14-4-5-14/h2-3,8,12-14,24H,4-7,9H2,1H3,(H,20,25). The van der Waals surface area contributed by atoms with Crippen molar-refractivity contribution in [3.63, 3.8) is 0 Å². The van der Waals surface area contributed by atoms with Crippen LogP contribution in [-0.2, 0) is 6.61 Å². The van der Waals surface area contributed by atoms with Crippen LogP contribution >= 0.6 is 11.6 Å². The minimum atomic E-state index is -0.0925. The lowest BCUT2D eigenvalue weighted by Crippen LogP contribution is -2.44. The number of hydrogen-bond donors (Lipinski definition) is 2. The monoisotopic (exact) mass is 360 g/mol. The van der Waals surface area contributed by atoms with Crippen molar-refractivity contribution in [1.82, 2.24) is 20.1 Å². The lowest BCUT2D eigenvalue weighted by molar-refractivity contribution is 0.0906. The van der Waals surface area contributed by atoms with Crippen molar-refractivity contribution in [3.8, 4) is 0 Å². The van der Waals surface area contributed by atoms with Crippen LogP contribution in [0.15, 0.2) is 18.2 Å². The largest absolute Gasteiger partial charge is 0.388 e. The van der Waals surface area contributed by atoms with Gasteiger partial charge in [-0.2, -0.15) is 0 Å². The predicted octanol–water partition coefficient (Wildman–Crippen LogP) is 2.74. The molecular weight excluding hydrogens is 340 g/mol. The van der Waals surface area contributed by atoms with Crippen molar-refractivity contribution in [2.75, 3.05) is 0 Å². The van der Waals surface area contributed by atoms with Crippen molar-refractivity contribution in [3.05, 3.63) is 46.0 Å². The molecule has 1 heterocycles. The van der Waals surface area contributed by atoms with Crippen molar-refractivity contribution in [2.45, 2.75) is 57.2 Å². The van der Waals surface area contributed by atoms with Gasteiger partial charge in [-0.3, -0.25) is 4.79 Å². The summed E-state index contributed by atoms with van der Waals surface area (Å²) in [6.45, 7) is 1.84. The third-order valence-electron chi connectivity index (χ3n) is 5.12. The van der Waals surface area contributed by atoms with Gasteiger partial charge in [-0.25, -0.2) is 0 Å². The maximum Gasteiger partial charge on any atom is 0.251 e. The summed E-state index contributed by atoms with van der Waals surface area (Å²) in [7, 11) is 0. The summed E-state index contributed by atoms with van der Waals surface area (Å²) in [6, 6.07) is 5.94. The van der Waals surface area contributed by atoms with Crippen LogP contribution in [0.2, 0.25) is 5.02 Å². The smallest absolute Gasteiger partial charge is 0.251 e. The molecule has 0 saturated heterocycles. The van der Waals surface area contributed by atoms with Crippen LogP contribution in [0.5, 0.6) is 0 Å². The lowest BCUT2D eigenvalue weighted by atomic mass is 9.79. The van der Waals surface area contributed by atoms with E-state index in [1.54, 1.807) is 12.1 Å². The molecule has 7 heteroatoms. The summed E-state index contributed by atoms with van der Waals surface area (Å²) in [6.07, 6.45) is 3.95. The molecule has 1 amide bonds. The van der Waals surface area contributed by atoms with Gasteiger partial charge in [0.2, 0.25) is 0 Å². The highest BCUT2D eigenvalue weighted by molar-refractivity contribution is 6.31. The quantitative estimate of drug-likeness (QED) is 0.859. The molecule has 0 aliphatic heterocycles. The number of carbonyl (C=O) groups excluding carboxylic acids is 1. The van der Waals surface area contributed by atoms with Gasteiger partial charge < -0.3 is 15.0 Å². The highest BCUT2D eigenvalue weighted by atomic mass is 35.5. The van der Waals surface area contributed by atoms with Crippen LogP contribution in [0, 0.1) is 6.92 Å². The molecule has 2 aromatic rings. The second-order valence-corrected chi connectivity index (χ2v) is 7.44. The number of benzene rings is 1. The van der Waals surface area contributed by atoms with E-state index >= 15 is 0 Å². The number of nitrogens with one attached hydrogen (secondary N) is 1. The van der Waals surface area contributed by atoms with Crippen molar-refractivity contribution in [1.29, 1.82) is 0 Å². The first-order chi connectivity index (χ1) is 12.1. The Morgan fingerprint density at radius 2 is 2.12 bits per heavy atom. The van der Waals surface area contributed by atoms with Crippen molar-refractivity contribution >= 4 is 17.5 Å². The molecule has 0 unspecified atom stereocenters. The van der Waals surface area contributed by atoms with E-state index in [9.17, 15) is 9.90 Å². The Bertz CT molecular complexity index is 809. The zero-order chi connectivity index (χ0) is 17.6. The Balaban J connectivity index is 1.38. The van der Waals surface area contributed by atoms with E-state index in [4.69, 9.17) is 11.6 Å². The SMILES string of the molecule is Cc1ccc(C(=O)NC2CC(c3nnc(CO)n3C3CC3)C2)cc1Cl. The summed E-state index contributed by atoms with van der Waals surface area (Å²) in [5, 5.41) is 21.5. The topological polar surface area (TPSA) is 80.0 Å². The first-order valence-electron chi connectivity index (χ1n) is 8.68. The van der Waals surface area contributed by atoms with E-state index in [0.29, 0.717) is 28.4 Å². The summed E-state index contributed by atoms with van der Waals surface area (Å²) in [5.74, 6) is 1.81. The second kappa shape index (κ2) is 6.42. The maximum absolute atomic E-state index is 12.4. The Morgan fingerprint density at radius 3 is 2.76 bits per heavy atom. The van der Waals surface area contributed by atoms with Crippen LogP contribution in [0.1, 0.15) is 65.2 Å². The predicted molar refractivity (Wildman–Crippen MR) is 93.6 cm³/mol. The Morgan fingerprint density at radius 1 is 1.36 bits per heavy atom. The number of aryl methyl sites for hydroxylation is 1. The van der Waals surface area contributed by atoms with Crippen LogP contribution in [-0.4, -0.2) is 31.8 Å². The highest BCUT2D eigenvalue weighted by Crippen LogP contribution is 2.42. The third kappa shape index (κ3) is 3.16. The number of hydrogen-bond acceptors (Lipinski definition) is 4. The van der Waals surface area contributed by atoms with E-state index in [2.05, 4.69) is 20.1 Å². The number of nitrogens with zero attached hydrogens (tertiary/aromatic N) is 3. The van der Waals surface area contributed by atoms with Gasteiger partial charge in [-0.05, 0) is 50.3 Å². The number of carbonyl (C=O) groups is 1. The van der Waals surface area contributed by atoms with Gasteiger partial charge >= 0.3 is 0 Å². The molecule has 2 aliphatic rings. The molecular formula is C18H21ClN4O2. The number of aromatic nitrogens is 3. The molecule has 2 N–H and O–H groups in total. The molecule has 1 aromatic carbocycles. The second-order valence-electron chi connectivity index (χ2n) is 7.04.